The van der Waals surface area contributed by atoms with Crippen LogP contribution in [-0.2, 0) is 6.54 Å². The van der Waals surface area contributed by atoms with Crippen LogP contribution in [0.2, 0.25) is 0 Å². The molecule has 3 N–H and O–H groups in total. The van der Waals surface area contributed by atoms with Crippen LogP contribution in [0.4, 0.5) is 0 Å². The first kappa shape index (κ1) is 12.6. The zero-order chi connectivity index (χ0) is 13.2. The fraction of sp³-hybridized carbons (Fsp3) is 0.533. The van der Waals surface area contributed by atoms with E-state index in [-0.39, 0.29) is 0 Å². The van der Waals surface area contributed by atoms with Crippen molar-refractivity contribution in [3.05, 3.63) is 29.6 Å². The third-order valence-electron chi connectivity index (χ3n) is 4.27. The fourth-order valence-corrected chi connectivity index (χ4v) is 2.98. The van der Waals surface area contributed by atoms with Crippen LogP contribution in [-0.4, -0.2) is 42.7 Å². The van der Waals surface area contributed by atoms with Gasteiger partial charge in [0.05, 0.1) is 17.6 Å². The number of nitrogens with one attached hydrogen (secondary N) is 3. The summed E-state index contributed by atoms with van der Waals surface area (Å²) in [5.74, 6) is 1.13. The summed E-state index contributed by atoms with van der Waals surface area (Å²) in [6.07, 6.45) is 0. The van der Waals surface area contributed by atoms with E-state index in [0.29, 0.717) is 0 Å². The molecule has 0 spiro atoms. The molecule has 0 amide bonds. The molecule has 2 aromatic rings. The predicted molar refractivity (Wildman–Crippen MR) is 76.5 cm³/mol. The van der Waals surface area contributed by atoms with Crippen molar-refractivity contribution in [1.82, 2.24) is 9.97 Å². The summed E-state index contributed by atoms with van der Waals surface area (Å²) in [4.78, 5) is 11.6. The van der Waals surface area contributed by atoms with Crippen LogP contribution in [0.5, 0.6) is 0 Å². The summed E-state index contributed by atoms with van der Waals surface area (Å²) < 4.78 is 0. The van der Waals surface area contributed by atoms with Crippen LogP contribution >= 0.6 is 0 Å². The Morgan fingerprint density at radius 1 is 1.16 bits per heavy atom. The minimum Gasteiger partial charge on any atom is -0.337 e. The molecule has 2 heterocycles. The van der Waals surface area contributed by atoms with E-state index in [1.165, 1.54) is 43.8 Å². The number of nitrogens with zero attached hydrogens (tertiary/aromatic N) is 1. The summed E-state index contributed by atoms with van der Waals surface area (Å²) in [7, 11) is 0. The Morgan fingerprint density at radius 2 is 1.89 bits per heavy atom. The molecule has 1 aromatic heterocycles. The summed E-state index contributed by atoms with van der Waals surface area (Å²) in [5.41, 5.74) is 3.56. The lowest BCUT2D eigenvalue weighted by molar-refractivity contribution is -1.02. The van der Waals surface area contributed by atoms with Gasteiger partial charge in [0.15, 0.2) is 5.82 Å². The SMILES string of the molecule is CC[NH+]1CC[NH+](Cc2nc3ccc(C)cc3[nH]2)CC1. The van der Waals surface area contributed by atoms with Gasteiger partial charge in [0.25, 0.3) is 0 Å². The van der Waals surface area contributed by atoms with Crippen LogP contribution in [0.15, 0.2) is 18.2 Å². The predicted octanol–water partition coefficient (Wildman–Crippen LogP) is -0.825. The average molecular weight is 260 g/mol. The largest absolute Gasteiger partial charge is 0.337 e. The van der Waals surface area contributed by atoms with Crippen molar-refractivity contribution in [3.63, 3.8) is 0 Å². The number of aryl methyl sites for hydroxylation is 1. The quantitative estimate of drug-likeness (QED) is 0.662. The molecule has 4 nitrogen and oxygen atoms in total. The minimum absolute atomic E-state index is 1.03. The van der Waals surface area contributed by atoms with Gasteiger partial charge in [-0.2, -0.15) is 0 Å². The van der Waals surface area contributed by atoms with Crippen molar-refractivity contribution in [3.8, 4) is 0 Å². The van der Waals surface area contributed by atoms with Gasteiger partial charge in [-0.1, -0.05) is 6.07 Å². The van der Waals surface area contributed by atoms with Crippen molar-refractivity contribution in [1.29, 1.82) is 0 Å². The van der Waals surface area contributed by atoms with Crippen molar-refractivity contribution < 1.29 is 9.80 Å². The normalized spacial score (nSPS) is 23.9. The summed E-state index contributed by atoms with van der Waals surface area (Å²) in [6, 6.07) is 6.42. The third kappa shape index (κ3) is 2.80. The fourth-order valence-electron chi connectivity index (χ4n) is 2.98. The van der Waals surface area contributed by atoms with E-state index in [2.05, 4.69) is 37.0 Å². The molecule has 4 heteroatoms. The number of aromatic nitrogens is 2. The molecule has 102 valence electrons. The number of quaternary nitrogens is 2. The second-order valence-corrected chi connectivity index (χ2v) is 5.73. The number of aromatic amines is 1. The average Bonchev–Trinajstić information content (AvgIpc) is 2.81. The maximum atomic E-state index is 4.70. The number of fused-ring (bicyclic) bond motifs is 1. The Bertz CT molecular complexity index is 552. The van der Waals surface area contributed by atoms with Crippen LogP contribution in [0.3, 0.4) is 0 Å². The smallest absolute Gasteiger partial charge is 0.162 e. The van der Waals surface area contributed by atoms with Crippen molar-refractivity contribution in [2.75, 3.05) is 32.7 Å². The highest BCUT2D eigenvalue weighted by Crippen LogP contribution is 2.12. The number of rotatable bonds is 3. The molecule has 1 fully saturated rings. The second-order valence-electron chi connectivity index (χ2n) is 5.73. The van der Waals surface area contributed by atoms with Crippen LogP contribution in [0, 0.1) is 6.92 Å². The van der Waals surface area contributed by atoms with Crippen molar-refractivity contribution in [2.45, 2.75) is 20.4 Å². The van der Waals surface area contributed by atoms with E-state index in [4.69, 9.17) is 4.98 Å². The number of hydrogen-bond donors (Lipinski definition) is 3. The van der Waals surface area contributed by atoms with E-state index >= 15 is 0 Å². The lowest BCUT2D eigenvalue weighted by Gasteiger charge is -2.28. The Morgan fingerprint density at radius 3 is 2.63 bits per heavy atom. The van der Waals surface area contributed by atoms with E-state index in [1.54, 1.807) is 9.80 Å². The van der Waals surface area contributed by atoms with Crippen LogP contribution in [0.25, 0.3) is 11.0 Å². The molecule has 19 heavy (non-hydrogen) atoms. The molecule has 3 rings (SSSR count). The number of piperazine rings is 1. The molecule has 1 aliphatic rings. The van der Waals surface area contributed by atoms with Crippen LogP contribution in [0.1, 0.15) is 18.3 Å². The topological polar surface area (TPSA) is 37.6 Å². The molecule has 0 unspecified atom stereocenters. The summed E-state index contributed by atoms with van der Waals surface area (Å²) >= 11 is 0. The van der Waals surface area contributed by atoms with E-state index in [1.807, 2.05) is 0 Å². The molecule has 0 bridgehead atoms. The molecule has 1 saturated heterocycles. The molecule has 1 aliphatic heterocycles. The zero-order valence-corrected chi connectivity index (χ0v) is 11.9. The Balaban J connectivity index is 1.68. The molecule has 0 saturated carbocycles. The van der Waals surface area contributed by atoms with Crippen molar-refractivity contribution >= 4 is 11.0 Å². The van der Waals surface area contributed by atoms with Crippen molar-refractivity contribution in [2.24, 2.45) is 0 Å². The number of hydrogen-bond acceptors (Lipinski definition) is 1. The lowest BCUT2D eigenvalue weighted by Crippen LogP contribution is -3.27. The van der Waals surface area contributed by atoms with E-state index < -0.39 is 0 Å². The van der Waals surface area contributed by atoms with Gasteiger partial charge in [-0.3, -0.25) is 0 Å². The lowest BCUT2D eigenvalue weighted by atomic mass is 10.2. The van der Waals surface area contributed by atoms with Gasteiger partial charge in [0.1, 0.15) is 32.7 Å². The van der Waals surface area contributed by atoms with Gasteiger partial charge in [-0.25, -0.2) is 4.98 Å². The first-order chi connectivity index (χ1) is 9.24. The molecule has 0 aliphatic carbocycles. The number of imidazole rings is 1. The highest BCUT2D eigenvalue weighted by Gasteiger charge is 2.22. The van der Waals surface area contributed by atoms with Gasteiger partial charge < -0.3 is 14.8 Å². The van der Waals surface area contributed by atoms with E-state index in [0.717, 1.165) is 17.9 Å². The zero-order valence-electron chi connectivity index (χ0n) is 11.9. The maximum Gasteiger partial charge on any atom is 0.162 e. The minimum atomic E-state index is 1.03. The first-order valence-corrected chi connectivity index (χ1v) is 7.37. The second kappa shape index (κ2) is 5.31. The van der Waals surface area contributed by atoms with Gasteiger partial charge in [-0.05, 0) is 31.5 Å². The Hall–Kier alpha value is -1.39. The van der Waals surface area contributed by atoms with Crippen LogP contribution < -0.4 is 9.80 Å². The number of benzene rings is 1. The molecule has 1 aromatic carbocycles. The maximum absolute atomic E-state index is 4.70. The van der Waals surface area contributed by atoms with Gasteiger partial charge in [0, 0.05) is 0 Å². The molecule has 0 radical (unpaired) electrons. The summed E-state index contributed by atoms with van der Waals surface area (Å²) in [6.45, 7) is 11.8. The Labute approximate surface area is 114 Å². The molecule has 0 atom stereocenters. The first-order valence-electron chi connectivity index (χ1n) is 7.37. The standard InChI is InChI=1S/C15H22N4/c1-3-18-6-8-19(9-7-18)11-15-16-13-5-4-12(2)10-14(13)17-15/h4-5,10H,3,6-9,11H2,1-2H3,(H,16,17)/p+2. The summed E-state index contributed by atoms with van der Waals surface area (Å²) in [5, 5.41) is 0. The highest BCUT2D eigenvalue weighted by molar-refractivity contribution is 5.75. The Kier molecular flexibility index (Phi) is 3.53. The van der Waals surface area contributed by atoms with Gasteiger partial charge in [-0.15, -0.1) is 0 Å². The van der Waals surface area contributed by atoms with Gasteiger partial charge >= 0.3 is 0 Å². The third-order valence-corrected chi connectivity index (χ3v) is 4.27. The molecular formula is C15H24N4+2. The van der Waals surface area contributed by atoms with E-state index in [9.17, 15) is 0 Å². The number of likely N-dealkylation sites (N-methyl/N-ethyl adjacent to an activating group) is 1. The molecular weight excluding hydrogens is 236 g/mol. The monoisotopic (exact) mass is 260 g/mol. The van der Waals surface area contributed by atoms with Gasteiger partial charge in [0.2, 0.25) is 0 Å². The highest BCUT2D eigenvalue weighted by atomic mass is 15.3. The number of H-pyrrole nitrogens is 1.